The summed E-state index contributed by atoms with van der Waals surface area (Å²) in [5.41, 5.74) is 16.3. The van der Waals surface area contributed by atoms with E-state index in [1.165, 1.54) is 66.0 Å². The maximum atomic E-state index is 2.43. The number of aromatic nitrogens is 1. The first-order chi connectivity index (χ1) is 29.8. The Bertz CT molecular complexity index is 3260. The lowest BCUT2D eigenvalue weighted by molar-refractivity contribution is 1.18. The van der Waals surface area contributed by atoms with Crippen molar-refractivity contribution in [2.45, 2.75) is 0 Å². The molecule has 1 aromatic heterocycles. The van der Waals surface area contributed by atoms with Crippen LogP contribution in [-0.4, -0.2) is 4.57 Å². The molecule has 2 heteroatoms. The van der Waals surface area contributed by atoms with Gasteiger partial charge in [-0.2, -0.15) is 0 Å². The van der Waals surface area contributed by atoms with Gasteiger partial charge in [0, 0.05) is 33.3 Å². The zero-order valence-electron chi connectivity index (χ0n) is 33.0. The molecule has 0 saturated heterocycles. The fourth-order valence-corrected chi connectivity index (χ4v) is 9.15. The monoisotopic (exact) mass is 764 g/mol. The Morgan fingerprint density at radius 3 is 1.40 bits per heavy atom. The summed E-state index contributed by atoms with van der Waals surface area (Å²) in [6.07, 6.45) is 0. The smallest absolute Gasteiger partial charge is 0.0541 e. The van der Waals surface area contributed by atoms with Crippen molar-refractivity contribution >= 4 is 49.6 Å². The second kappa shape index (κ2) is 15.1. The maximum Gasteiger partial charge on any atom is 0.0541 e. The van der Waals surface area contributed by atoms with Crippen molar-refractivity contribution in [3.63, 3.8) is 0 Å². The first kappa shape index (κ1) is 35.2. The van der Waals surface area contributed by atoms with Crippen LogP contribution in [0, 0.1) is 0 Å². The van der Waals surface area contributed by atoms with Crippen molar-refractivity contribution in [2.24, 2.45) is 0 Å². The molecule has 11 rings (SSSR count). The third-order valence-corrected chi connectivity index (χ3v) is 11.8. The zero-order chi connectivity index (χ0) is 39.8. The molecule has 0 saturated carbocycles. The number of anilines is 3. The molecule has 2 nitrogen and oxygen atoms in total. The van der Waals surface area contributed by atoms with E-state index in [2.05, 4.69) is 252 Å². The number of rotatable bonds is 8. The van der Waals surface area contributed by atoms with Crippen molar-refractivity contribution in [2.75, 3.05) is 4.90 Å². The molecule has 0 bridgehead atoms. The number of hydrogen-bond acceptors (Lipinski definition) is 1. The van der Waals surface area contributed by atoms with Gasteiger partial charge < -0.3 is 9.47 Å². The van der Waals surface area contributed by atoms with Gasteiger partial charge in [0.05, 0.1) is 22.4 Å². The van der Waals surface area contributed by atoms with Crippen LogP contribution in [0.2, 0.25) is 0 Å². The summed E-state index contributed by atoms with van der Waals surface area (Å²) < 4.78 is 2.43. The van der Waals surface area contributed by atoms with Crippen molar-refractivity contribution in [1.82, 2.24) is 4.57 Å². The van der Waals surface area contributed by atoms with E-state index in [9.17, 15) is 0 Å². The molecule has 10 aromatic carbocycles. The van der Waals surface area contributed by atoms with Crippen molar-refractivity contribution in [3.05, 3.63) is 243 Å². The lowest BCUT2D eigenvalue weighted by atomic mass is 9.90. The molecule has 0 aliphatic rings. The van der Waals surface area contributed by atoms with Crippen LogP contribution < -0.4 is 4.90 Å². The molecule has 1 heterocycles. The molecular weight excluding hydrogens is 725 g/mol. The first-order valence-electron chi connectivity index (χ1n) is 20.6. The van der Waals surface area contributed by atoms with Gasteiger partial charge >= 0.3 is 0 Å². The molecule has 0 aliphatic heterocycles. The standard InChI is InChI=1S/C58H40N2/c1-4-20-41(21-5-1)45-38-39-48(47-27-11-10-26-46(45)47)50-28-12-16-32-55(50)59(43-24-8-3-9-25-43)44-36-37-49(54(40-44)42-22-6-2-7-23-42)51-29-13-17-33-56(51)60-57-34-18-14-30-52(57)53-31-15-19-35-58(53)60/h1-40H. The normalized spacial score (nSPS) is 11.3. The minimum Gasteiger partial charge on any atom is -0.310 e. The van der Waals surface area contributed by atoms with E-state index in [-0.39, 0.29) is 0 Å². The van der Waals surface area contributed by atoms with E-state index < -0.39 is 0 Å². The topological polar surface area (TPSA) is 8.17 Å². The van der Waals surface area contributed by atoms with Gasteiger partial charge in [-0.05, 0) is 92.7 Å². The van der Waals surface area contributed by atoms with Crippen LogP contribution in [0.1, 0.15) is 0 Å². The summed E-state index contributed by atoms with van der Waals surface area (Å²) in [5.74, 6) is 0. The van der Waals surface area contributed by atoms with Crippen LogP contribution in [0.15, 0.2) is 243 Å². The Morgan fingerprint density at radius 2 is 0.733 bits per heavy atom. The van der Waals surface area contributed by atoms with Gasteiger partial charge in [-0.15, -0.1) is 0 Å². The summed E-state index contributed by atoms with van der Waals surface area (Å²) >= 11 is 0. The lowest BCUT2D eigenvalue weighted by Crippen LogP contribution is -2.11. The van der Waals surface area contributed by atoms with Crippen LogP contribution in [0.5, 0.6) is 0 Å². The minimum atomic E-state index is 1.08. The van der Waals surface area contributed by atoms with Gasteiger partial charge in [0.25, 0.3) is 0 Å². The van der Waals surface area contributed by atoms with E-state index in [0.29, 0.717) is 0 Å². The predicted octanol–water partition coefficient (Wildman–Crippen LogP) is 16.1. The average Bonchev–Trinajstić information content (AvgIpc) is 3.67. The van der Waals surface area contributed by atoms with Gasteiger partial charge in [-0.3, -0.25) is 0 Å². The number of fused-ring (bicyclic) bond motifs is 4. The second-order valence-corrected chi connectivity index (χ2v) is 15.2. The molecule has 0 N–H and O–H groups in total. The molecule has 0 fully saturated rings. The highest BCUT2D eigenvalue weighted by atomic mass is 15.1. The van der Waals surface area contributed by atoms with Crippen molar-refractivity contribution < 1.29 is 0 Å². The van der Waals surface area contributed by atoms with Crippen molar-refractivity contribution in [1.29, 1.82) is 0 Å². The van der Waals surface area contributed by atoms with E-state index >= 15 is 0 Å². The largest absolute Gasteiger partial charge is 0.310 e. The van der Waals surface area contributed by atoms with Gasteiger partial charge in [-0.1, -0.05) is 194 Å². The highest BCUT2D eigenvalue weighted by Crippen LogP contribution is 2.47. The molecule has 0 radical (unpaired) electrons. The quantitative estimate of drug-likeness (QED) is 0.150. The van der Waals surface area contributed by atoms with Crippen LogP contribution in [-0.2, 0) is 0 Å². The maximum absolute atomic E-state index is 2.43. The molecule has 0 spiro atoms. The summed E-state index contributed by atoms with van der Waals surface area (Å²) in [5, 5.41) is 4.96. The molecule has 11 aromatic rings. The molecule has 0 atom stereocenters. The van der Waals surface area contributed by atoms with Gasteiger partial charge in [0.2, 0.25) is 0 Å². The highest BCUT2D eigenvalue weighted by molar-refractivity contribution is 6.10. The summed E-state index contributed by atoms with van der Waals surface area (Å²) in [6, 6.07) is 87.9. The van der Waals surface area contributed by atoms with Crippen LogP contribution in [0.25, 0.3) is 82.8 Å². The molecule has 0 amide bonds. The van der Waals surface area contributed by atoms with Crippen LogP contribution in [0.4, 0.5) is 17.1 Å². The Labute approximate surface area is 350 Å². The molecule has 0 unspecified atom stereocenters. The highest BCUT2D eigenvalue weighted by Gasteiger charge is 2.22. The minimum absolute atomic E-state index is 1.08. The third kappa shape index (κ3) is 6.06. The Morgan fingerprint density at radius 1 is 0.267 bits per heavy atom. The average molecular weight is 765 g/mol. The zero-order valence-corrected chi connectivity index (χ0v) is 33.0. The third-order valence-electron chi connectivity index (χ3n) is 11.8. The molecule has 0 aliphatic carbocycles. The Balaban J connectivity index is 1.13. The van der Waals surface area contributed by atoms with Crippen LogP contribution in [0.3, 0.4) is 0 Å². The molecular formula is C58H40N2. The first-order valence-corrected chi connectivity index (χ1v) is 20.6. The molecule has 60 heavy (non-hydrogen) atoms. The van der Waals surface area contributed by atoms with Gasteiger partial charge in [0.1, 0.15) is 0 Å². The lowest BCUT2D eigenvalue weighted by Gasteiger charge is -2.29. The van der Waals surface area contributed by atoms with E-state index in [1.807, 2.05) is 0 Å². The van der Waals surface area contributed by atoms with Gasteiger partial charge in [-0.25, -0.2) is 0 Å². The fourth-order valence-electron chi connectivity index (χ4n) is 9.15. The summed E-state index contributed by atoms with van der Waals surface area (Å²) in [6.45, 7) is 0. The summed E-state index contributed by atoms with van der Waals surface area (Å²) in [4.78, 5) is 2.42. The van der Waals surface area contributed by atoms with Crippen molar-refractivity contribution in [3.8, 4) is 50.2 Å². The fraction of sp³-hybridized carbons (Fsp3) is 0. The molecule has 282 valence electrons. The SMILES string of the molecule is c1ccc(-c2cc(N(c3ccccc3)c3ccccc3-c3ccc(-c4ccccc4)c4ccccc34)ccc2-c2ccccc2-n2c3ccccc3c3ccccc32)cc1. The number of hydrogen-bond donors (Lipinski definition) is 0. The number of para-hydroxylation sites is 5. The Kier molecular flexibility index (Phi) is 8.87. The number of benzene rings is 10. The van der Waals surface area contributed by atoms with E-state index in [1.54, 1.807) is 0 Å². The Hall–Kier alpha value is -7.94. The predicted molar refractivity (Wildman–Crippen MR) is 255 cm³/mol. The van der Waals surface area contributed by atoms with E-state index in [0.717, 1.165) is 33.9 Å². The second-order valence-electron chi connectivity index (χ2n) is 15.2. The van der Waals surface area contributed by atoms with Gasteiger partial charge in [0.15, 0.2) is 0 Å². The van der Waals surface area contributed by atoms with E-state index in [4.69, 9.17) is 0 Å². The number of nitrogens with zero attached hydrogens (tertiary/aromatic N) is 2. The van der Waals surface area contributed by atoms with Crippen LogP contribution >= 0.6 is 0 Å². The summed E-state index contributed by atoms with van der Waals surface area (Å²) in [7, 11) is 0.